The Kier molecular flexibility index (Phi) is 6.33. The SMILES string of the molecule is CCOc1cccc2c1OCC(C(=O)NCCCOCc1ccco1)=C2. The van der Waals surface area contributed by atoms with Crippen molar-refractivity contribution >= 4 is 12.0 Å². The molecule has 1 aliphatic heterocycles. The average Bonchev–Trinajstić information content (AvgIpc) is 3.18. The summed E-state index contributed by atoms with van der Waals surface area (Å²) < 4.78 is 22.0. The van der Waals surface area contributed by atoms with Crippen LogP contribution in [-0.2, 0) is 16.1 Å². The standard InChI is InChI=1S/C20H23NO5/c1-2-24-18-8-3-6-15-12-16(13-26-19(15)18)20(22)21-9-5-10-23-14-17-7-4-11-25-17/h3-4,6-8,11-12H,2,5,9-10,13-14H2,1H3,(H,21,22). The van der Waals surface area contributed by atoms with Gasteiger partial charge < -0.3 is 23.9 Å². The van der Waals surface area contributed by atoms with Crippen molar-refractivity contribution < 1.29 is 23.4 Å². The number of hydrogen-bond donors (Lipinski definition) is 1. The van der Waals surface area contributed by atoms with Gasteiger partial charge in [0, 0.05) is 18.7 Å². The van der Waals surface area contributed by atoms with Crippen LogP contribution in [0.25, 0.3) is 6.08 Å². The van der Waals surface area contributed by atoms with Gasteiger partial charge in [-0.25, -0.2) is 0 Å². The minimum absolute atomic E-state index is 0.122. The molecule has 0 fully saturated rings. The van der Waals surface area contributed by atoms with E-state index in [1.54, 1.807) is 6.26 Å². The van der Waals surface area contributed by atoms with E-state index >= 15 is 0 Å². The highest BCUT2D eigenvalue weighted by atomic mass is 16.5. The number of benzene rings is 1. The molecule has 1 aromatic heterocycles. The molecule has 0 aliphatic carbocycles. The van der Waals surface area contributed by atoms with E-state index in [9.17, 15) is 4.79 Å². The van der Waals surface area contributed by atoms with Gasteiger partial charge in [-0.15, -0.1) is 0 Å². The van der Waals surface area contributed by atoms with Crippen LogP contribution in [0.5, 0.6) is 11.5 Å². The smallest absolute Gasteiger partial charge is 0.250 e. The second-order valence-corrected chi connectivity index (χ2v) is 5.81. The van der Waals surface area contributed by atoms with Gasteiger partial charge in [0.25, 0.3) is 5.91 Å². The third-order valence-electron chi connectivity index (χ3n) is 3.88. The highest BCUT2D eigenvalue weighted by molar-refractivity contribution is 5.99. The van der Waals surface area contributed by atoms with Gasteiger partial charge in [-0.05, 0) is 37.6 Å². The van der Waals surface area contributed by atoms with Crippen LogP contribution in [0.15, 0.2) is 46.6 Å². The first-order chi connectivity index (χ1) is 12.8. The summed E-state index contributed by atoms with van der Waals surface area (Å²) in [5, 5.41) is 2.89. The highest BCUT2D eigenvalue weighted by Gasteiger charge is 2.19. The molecule has 2 heterocycles. The number of hydrogen-bond acceptors (Lipinski definition) is 5. The van der Waals surface area contributed by atoms with E-state index in [4.69, 9.17) is 18.6 Å². The quantitative estimate of drug-likeness (QED) is 0.698. The molecule has 1 amide bonds. The molecular weight excluding hydrogens is 334 g/mol. The summed E-state index contributed by atoms with van der Waals surface area (Å²) in [6.07, 6.45) is 4.20. The Morgan fingerprint density at radius 2 is 2.19 bits per heavy atom. The maximum atomic E-state index is 12.3. The number of nitrogens with one attached hydrogen (secondary N) is 1. The predicted octanol–water partition coefficient (Wildman–Crippen LogP) is 3.18. The molecule has 138 valence electrons. The molecule has 6 heteroatoms. The Morgan fingerprint density at radius 1 is 1.27 bits per heavy atom. The van der Waals surface area contributed by atoms with Crippen LogP contribution in [0.2, 0.25) is 0 Å². The summed E-state index contributed by atoms with van der Waals surface area (Å²) in [6.45, 7) is 4.27. The summed E-state index contributed by atoms with van der Waals surface area (Å²) in [5.74, 6) is 2.07. The molecule has 1 aliphatic rings. The van der Waals surface area contributed by atoms with E-state index in [1.165, 1.54) is 0 Å². The fourth-order valence-electron chi connectivity index (χ4n) is 2.64. The second kappa shape index (κ2) is 9.10. The molecule has 0 saturated heterocycles. The van der Waals surface area contributed by atoms with Crippen LogP contribution in [0.3, 0.4) is 0 Å². The summed E-state index contributed by atoms with van der Waals surface area (Å²) >= 11 is 0. The Labute approximate surface area is 152 Å². The molecule has 0 spiro atoms. The number of ether oxygens (including phenoxy) is 3. The first kappa shape index (κ1) is 18.1. The van der Waals surface area contributed by atoms with Gasteiger partial charge in [-0.1, -0.05) is 12.1 Å². The number of furan rings is 1. The minimum Gasteiger partial charge on any atom is -0.490 e. The van der Waals surface area contributed by atoms with E-state index < -0.39 is 0 Å². The fraction of sp³-hybridized carbons (Fsp3) is 0.350. The predicted molar refractivity (Wildman–Crippen MR) is 97.1 cm³/mol. The maximum absolute atomic E-state index is 12.3. The molecule has 0 radical (unpaired) electrons. The second-order valence-electron chi connectivity index (χ2n) is 5.81. The Morgan fingerprint density at radius 3 is 3.00 bits per heavy atom. The molecule has 0 saturated carbocycles. The average molecular weight is 357 g/mol. The maximum Gasteiger partial charge on any atom is 0.250 e. The van der Waals surface area contributed by atoms with Crippen molar-refractivity contribution in [1.82, 2.24) is 5.32 Å². The van der Waals surface area contributed by atoms with E-state index in [0.29, 0.717) is 43.4 Å². The first-order valence-corrected chi connectivity index (χ1v) is 8.75. The summed E-state index contributed by atoms with van der Waals surface area (Å²) in [5.41, 5.74) is 1.46. The van der Waals surface area contributed by atoms with Gasteiger partial charge in [-0.3, -0.25) is 4.79 Å². The zero-order valence-corrected chi connectivity index (χ0v) is 14.8. The number of para-hydroxylation sites is 1. The number of fused-ring (bicyclic) bond motifs is 1. The molecule has 3 rings (SSSR count). The van der Waals surface area contributed by atoms with Crippen LogP contribution in [0.1, 0.15) is 24.7 Å². The van der Waals surface area contributed by atoms with E-state index in [-0.39, 0.29) is 12.5 Å². The molecule has 0 unspecified atom stereocenters. The molecule has 6 nitrogen and oxygen atoms in total. The van der Waals surface area contributed by atoms with Crippen molar-refractivity contribution in [2.45, 2.75) is 20.0 Å². The summed E-state index contributed by atoms with van der Waals surface area (Å²) in [7, 11) is 0. The number of amides is 1. The molecule has 0 bridgehead atoms. The van der Waals surface area contributed by atoms with E-state index in [0.717, 1.165) is 17.7 Å². The molecule has 0 atom stereocenters. The lowest BCUT2D eigenvalue weighted by molar-refractivity contribution is -0.117. The Balaban J connectivity index is 1.44. The van der Waals surface area contributed by atoms with Gasteiger partial charge in [0.05, 0.1) is 18.4 Å². The van der Waals surface area contributed by atoms with Gasteiger partial charge in [0.1, 0.15) is 19.0 Å². The Bertz CT molecular complexity index is 752. The van der Waals surface area contributed by atoms with Gasteiger partial charge in [0.2, 0.25) is 0 Å². The highest BCUT2D eigenvalue weighted by Crippen LogP contribution is 2.35. The van der Waals surface area contributed by atoms with Gasteiger partial charge in [-0.2, -0.15) is 0 Å². The topological polar surface area (TPSA) is 69.9 Å². The zero-order valence-electron chi connectivity index (χ0n) is 14.8. The van der Waals surface area contributed by atoms with E-state index in [1.807, 2.05) is 43.3 Å². The van der Waals surface area contributed by atoms with Crippen LogP contribution >= 0.6 is 0 Å². The van der Waals surface area contributed by atoms with Crippen LogP contribution in [-0.4, -0.2) is 32.3 Å². The zero-order chi connectivity index (χ0) is 18.2. The van der Waals surface area contributed by atoms with Crippen LogP contribution in [0.4, 0.5) is 0 Å². The lowest BCUT2D eigenvalue weighted by atomic mass is 10.1. The van der Waals surface area contributed by atoms with Crippen molar-refractivity contribution in [3.63, 3.8) is 0 Å². The lowest BCUT2D eigenvalue weighted by Gasteiger charge is -2.20. The monoisotopic (exact) mass is 357 g/mol. The summed E-state index contributed by atoms with van der Waals surface area (Å²) in [6, 6.07) is 9.36. The van der Waals surface area contributed by atoms with Crippen molar-refractivity contribution in [3.05, 3.63) is 53.5 Å². The Hall–Kier alpha value is -2.73. The van der Waals surface area contributed by atoms with Crippen LogP contribution < -0.4 is 14.8 Å². The molecule has 26 heavy (non-hydrogen) atoms. The minimum atomic E-state index is -0.122. The third-order valence-corrected chi connectivity index (χ3v) is 3.88. The number of carbonyl (C=O) groups is 1. The molecule has 1 N–H and O–H groups in total. The molecular formula is C20H23NO5. The first-order valence-electron chi connectivity index (χ1n) is 8.75. The fourth-order valence-corrected chi connectivity index (χ4v) is 2.64. The van der Waals surface area contributed by atoms with Crippen molar-refractivity contribution in [2.24, 2.45) is 0 Å². The van der Waals surface area contributed by atoms with Crippen molar-refractivity contribution in [3.8, 4) is 11.5 Å². The third kappa shape index (κ3) is 4.67. The van der Waals surface area contributed by atoms with Gasteiger partial charge >= 0.3 is 0 Å². The van der Waals surface area contributed by atoms with Gasteiger partial charge in [0.15, 0.2) is 11.5 Å². The van der Waals surface area contributed by atoms with Crippen molar-refractivity contribution in [1.29, 1.82) is 0 Å². The van der Waals surface area contributed by atoms with E-state index in [2.05, 4.69) is 5.32 Å². The normalized spacial score (nSPS) is 12.7. The number of rotatable bonds is 9. The van der Waals surface area contributed by atoms with Crippen molar-refractivity contribution in [2.75, 3.05) is 26.4 Å². The largest absolute Gasteiger partial charge is 0.490 e. The molecule has 1 aromatic carbocycles. The number of carbonyl (C=O) groups excluding carboxylic acids is 1. The summed E-state index contributed by atoms with van der Waals surface area (Å²) in [4.78, 5) is 12.3. The van der Waals surface area contributed by atoms with Crippen LogP contribution in [0, 0.1) is 0 Å². The lowest BCUT2D eigenvalue weighted by Crippen LogP contribution is -2.30. The molecule has 2 aromatic rings.